The van der Waals surface area contributed by atoms with E-state index in [-0.39, 0.29) is 17.0 Å². The first kappa shape index (κ1) is 14.3. The van der Waals surface area contributed by atoms with E-state index in [0.717, 1.165) is 5.69 Å². The van der Waals surface area contributed by atoms with Crippen molar-refractivity contribution in [2.24, 2.45) is 7.05 Å². The fourth-order valence-corrected chi connectivity index (χ4v) is 1.65. The minimum Gasteiger partial charge on any atom is -0.506 e. The summed E-state index contributed by atoms with van der Waals surface area (Å²) in [6.07, 6.45) is 4.42. The fourth-order valence-electron chi connectivity index (χ4n) is 1.65. The lowest BCUT2D eigenvalue weighted by atomic mass is 10.2. The van der Waals surface area contributed by atoms with E-state index in [1.165, 1.54) is 24.3 Å². The van der Waals surface area contributed by atoms with Crippen LogP contribution in [0.15, 0.2) is 36.5 Å². The van der Waals surface area contributed by atoms with Crippen LogP contribution in [0, 0.1) is 0 Å². The number of hydrogen-bond acceptors (Lipinski definition) is 4. The Balaban J connectivity index is 2.13. The van der Waals surface area contributed by atoms with Crippen LogP contribution in [-0.4, -0.2) is 31.9 Å². The van der Waals surface area contributed by atoms with Crippen molar-refractivity contribution >= 4 is 23.6 Å². The third-order valence-electron chi connectivity index (χ3n) is 2.77. The maximum absolute atomic E-state index is 11.8. The van der Waals surface area contributed by atoms with E-state index in [1.807, 2.05) is 0 Å². The van der Waals surface area contributed by atoms with Crippen LogP contribution >= 0.6 is 0 Å². The molecular formula is C14H13N3O4. The van der Waals surface area contributed by atoms with Crippen LogP contribution in [0.2, 0.25) is 0 Å². The number of aromatic hydroxyl groups is 1. The second-order valence-electron chi connectivity index (χ2n) is 4.24. The van der Waals surface area contributed by atoms with Crippen molar-refractivity contribution in [3.8, 4) is 5.75 Å². The molecule has 2 rings (SSSR count). The number of hydrogen-bond donors (Lipinski definition) is 3. The van der Waals surface area contributed by atoms with Crippen LogP contribution in [0.4, 0.5) is 5.69 Å². The topological polar surface area (TPSA) is 104 Å². The van der Waals surface area contributed by atoms with E-state index in [9.17, 15) is 14.7 Å². The molecule has 2 aromatic rings. The number of aryl methyl sites for hydroxylation is 1. The number of carboxylic acids is 1. The molecule has 0 atom stereocenters. The van der Waals surface area contributed by atoms with Gasteiger partial charge in [0.25, 0.3) is 0 Å². The SMILES string of the molecule is Cn1nccc1/C=C/C(=O)Nc1cc(C(=O)O)ccc1O. The Labute approximate surface area is 120 Å². The first-order chi connectivity index (χ1) is 9.97. The lowest BCUT2D eigenvalue weighted by Crippen LogP contribution is -2.09. The molecule has 0 aliphatic carbocycles. The van der Waals surface area contributed by atoms with Crippen LogP contribution in [0.5, 0.6) is 5.75 Å². The molecule has 1 aromatic heterocycles. The van der Waals surface area contributed by atoms with E-state index in [4.69, 9.17) is 5.11 Å². The van der Waals surface area contributed by atoms with Crippen molar-refractivity contribution in [3.05, 3.63) is 47.8 Å². The number of carbonyl (C=O) groups excluding carboxylic acids is 1. The first-order valence-corrected chi connectivity index (χ1v) is 6.01. The quantitative estimate of drug-likeness (QED) is 0.583. The summed E-state index contributed by atoms with van der Waals surface area (Å²) in [5, 5.41) is 24.9. The molecule has 0 fully saturated rings. The monoisotopic (exact) mass is 287 g/mol. The number of amides is 1. The summed E-state index contributed by atoms with van der Waals surface area (Å²) in [5.74, 6) is -1.84. The first-order valence-electron chi connectivity index (χ1n) is 6.01. The number of aromatic carboxylic acids is 1. The molecule has 1 aromatic carbocycles. The Morgan fingerprint density at radius 2 is 2.10 bits per heavy atom. The van der Waals surface area contributed by atoms with Gasteiger partial charge in [-0.3, -0.25) is 9.48 Å². The lowest BCUT2D eigenvalue weighted by Gasteiger charge is -2.06. The summed E-state index contributed by atoms with van der Waals surface area (Å²) in [6.45, 7) is 0. The molecule has 1 amide bonds. The largest absolute Gasteiger partial charge is 0.506 e. The Kier molecular flexibility index (Phi) is 4.03. The molecule has 0 bridgehead atoms. The van der Waals surface area contributed by atoms with E-state index in [2.05, 4.69) is 10.4 Å². The van der Waals surface area contributed by atoms with Crippen LogP contribution in [0.25, 0.3) is 6.08 Å². The maximum Gasteiger partial charge on any atom is 0.335 e. The number of carbonyl (C=O) groups is 2. The van der Waals surface area contributed by atoms with Gasteiger partial charge in [-0.15, -0.1) is 0 Å². The average Bonchev–Trinajstić information content (AvgIpc) is 2.84. The van der Waals surface area contributed by atoms with Crippen molar-refractivity contribution in [3.63, 3.8) is 0 Å². The lowest BCUT2D eigenvalue weighted by molar-refractivity contribution is -0.111. The van der Waals surface area contributed by atoms with Gasteiger partial charge < -0.3 is 15.5 Å². The van der Waals surface area contributed by atoms with E-state index >= 15 is 0 Å². The minimum atomic E-state index is -1.14. The standard InChI is InChI=1S/C14H13N3O4/c1-17-10(6-7-15-17)3-5-13(19)16-11-8-9(14(20)21)2-4-12(11)18/h2-8,18H,1H3,(H,16,19)(H,20,21)/b5-3+. The Morgan fingerprint density at radius 1 is 1.33 bits per heavy atom. The van der Waals surface area contributed by atoms with Crippen LogP contribution in [0.1, 0.15) is 16.1 Å². The highest BCUT2D eigenvalue weighted by Crippen LogP contribution is 2.24. The average molecular weight is 287 g/mol. The molecule has 0 saturated carbocycles. The Morgan fingerprint density at radius 3 is 2.71 bits per heavy atom. The number of aromatic nitrogens is 2. The van der Waals surface area contributed by atoms with Gasteiger partial charge in [-0.1, -0.05) is 0 Å². The number of anilines is 1. The van der Waals surface area contributed by atoms with Crippen molar-refractivity contribution in [2.45, 2.75) is 0 Å². The molecule has 0 radical (unpaired) electrons. The third-order valence-corrected chi connectivity index (χ3v) is 2.77. The van der Waals surface area contributed by atoms with Gasteiger partial charge in [-0.2, -0.15) is 5.10 Å². The molecule has 0 aliphatic heterocycles. The zero-order chi connectivity index (χ0) is 15.4. The van der Waals surface area contributed by atoms with Gasteiger partial charge in [0.15, 0.2) is 0 Å². The molecule has 7 nitrogen and oxygen atoms in total. The molecule has 0 unspecified atom stereocenters. The second-order valence-corrected chi connectivity index (χ2v) is 4.24. The van der Waals surface area contributed by atoms with Crippen LogP contribution in [0.3, 0.4) is 0 Å². The number of rotatable bonds is 4. The molecule has 3 N–H and O–H groups in total. The summed E-state index contributed by atoms with van der Waals surface area (Å²) in [5.41, 5.74) is 0.738. The summed E-state index contributed by atoms with van der Waals surface area (Å²) >= 11 is 0. The van der Waals surface area contributed by atoms with Gasteiger partial charge in [0.05, 0.1) is 16.9 Å². The number of carboxylic acid groups (broad SMARTS) is 1. The predicted molar refractivity (Wildman–Crippen MR) is 75.9 cm³/mol. The van der Waals surface area contributed by atoms with Crippen molar-refractivity contribution in [2.75, 3.05) is 5.32 Å². The molecule has 7 heteroatoms. The van der Waals surface area contributed by atoms with Crippen molar-refractivity contribution in [1.82, 2.24) is 9.78 Å². The normalized spacial score (nSPS) is 10.7. The van der Waals surface area contributed by atoms with Crippen molar-refractivity contribution < 1.29 is 19.8 Å². The summed E-state index contributed by atoms with van der Waals surface area (Å²) in [6, 6.07) is 5.38. The van der Waals surface area contributed by atoms with Crippen molar-refractivity contribution in [1.29, 1.82) is 0 Å². The Hall–Kier alpha value is -3.09. The highest BCUT2D eigenvalue weighted by atomic mass is 16.4. The molecule has 108 valence electrons. The fraction of sp³-hybridized carbons (Fsp3) is 0.0714. The predicted octanol–water partition coefficient (Wildman–Crippen LogP) is 1.48. The molecule has 0 aliphatic rings. The number of nitrogens with zero attached hydrogens (tertiary/aromatic N) is 2. The summed E-state index contributed by atoms with van der Waals surface area (Å²) in [7, 11) is 1.74. The highest BCUT2D eigenvalue weighted by molar-refractivity contribution is 6.03. The van der Waals surface area contributed by atoms with E-state index < -0.39 is 11.9 Å². The van der Waals surface area contributed by atoms with Gasteiger partial charge in [0, 0.05) is 19.3 Å². The highest BCUT2D eigenvalue weighted by Gasteiger charge is 2.09. The molecule has 0 spiro atoms. The molecule has 1 heterocycles. The van der Waals surface area contributed by atoms with Gasteiger partial charge in [0.2, 0.25) is 5.91 Å². The molecular weight excluding hydrogens is 274 g/mol. The third kappa shape index (κ3) is 3.47. The van der Waals surface area contributed by atoms with Gasteiger partial charge in [0.1, 0.15) is 5.75 Å². The van der Waals surface area contributed by atoms with E-state index in [1.54, 1.807) is 30.1 Å². The zero-order valence-electron chi connectivity index (χ0n) is 11.1. The van der Waals surface area contributed by atoms with Crippen LogP contribution < -0.4 is 5.32 Å². The zero-order valence-corrected chi connectivity index (χ0v) is 11.1. The van der Waals surface area contributed by atoms with Gasteiger partial charge in [-0.25, -0.2) is 4.79 Å². The second kappa shape index (κ2) is 5.91. The smallest absolute Gasteiger partial charge is 0.335 e. The summed E-state index contributed by atoms with van der Waals surface area (Å²) < 4.78 is 1.59. The number of nitrogens with one attached hydrogen (secondary N) is 1. The minimum absolute atomic E-state index is 0.0290. The number of phenols is 1. The number of phenolic OH excluding ortho intramolecular Hbond substituents is 1. The van der Waals surface area contributed by atoms with Gasteiger partial charge in [-0.05, 0) is 30.3 Å². The van der Waals surface area contributed by atoms with E-state index in [0.29, 0.717) is 0 Å². The molecule has 21 heavy (non-hydrogen) atoms. The number of benzene rings is 1. The van der Waals surface area contributed by atoms with Crippen LogP contribution in [-0.2, 0) is 11.8 Å². The molecule has 0 saturated heterocycles. The maximum atomic E-state index is 11.8. The van der Waals surface area contributed by atoms with Gasteiger partial charge >= 0.3 is 5.97 Å². The summed E-state index contributed by atoms with van der Waals surface area (Å²) in [4.78, 5) is 22.6. The Bertz CT molecular complexity index is 719.